The zero-order valence-corrected chi connectivity index (χ0v) is 8.90. The Morgan fingerprint density at radius 3 is 3.13 bits per heavy atom. The van der Waals surface area contributed by atoms with E-state index in [1.165, 1.54) is 11.1 Å². The summed E-state index contributed by atoms with van der Waals surface area (Å²) in [5.41, 5.74) is 2.27. The summed E-state index contributed by atoms with van der Waals surface area (Å²) >= 11 is 0. The lowest BCUT2D eigenvalue weighted by molar-refractivity contribution is 0.182. The van der Waals surface area contributed by atoms with E-state index in [4.69, 9.17) is 4.74 Å². The van der Waals surface area contributed by atoms with Crippen molar-refractivity contribution in [3.8, 4) is 5.75 Å². The molecular formula is C13H13NO. The Balaban J connectivity index is 2.17. The van der Waals surface area contributed by atoms with Crippen molar-refractivity contribution in [3.63, 3.8) is 0 Å². The molecule has 0 bridgehead atoms. The van der Waals surface area contributed by atoms with Gasteiger partial charge in [-0.25, -0.2) is 0 Å². The van der Waals surface area contributed by atoms with Gasteiger partial charge in [0.2, 0.25) is 0 Å². The van der Waals surface area contributed by atoms with E-state index >= 15 is 0 Å². The third-order valence-electron chi connectivity index (χ3n) is 3.14. The first-order valence-electron chi connectivity index (χ1n) is 5.20. The van der Waals surface area contributed by atoms with Gasteiger partial charge in [0, 0.05) is 18.0 Å². The Bertz CT molecular complexity index is 475. The van der Waals surface area contributed by atoms with E-state index in [-0.39, 0.29) is 5.60 Å². The van der Waals surface area contributed by atoms with Crippen LogP contribution >= 0.6 is 0 Å². The molecule has 15 heavy (non-hydrogen) atoms. The second kappa shape index (κ2) is 2.72. The summed E-state index contributed by atoms with van der Waals surface area (Å²) in [6, 6.07) is 6.34. The number of aryl methyl sites for hydroxylation is 1. The maximum absolute atomic E-state index is 5.95. The molecule has 2 nitrogen and oxygen atoms in total. The molecular weight excluding hydrogens is 186 g/mol. The van der Waals surface area contributed by atoms with Gasteiger partial charge < -0.3 is 4.74 Å². The smallest absolute Gasteiger partial charge is 0.152 e. The number of ether oxygens (including phenoxy) is 1. The lowest BCUT2D eigenvalue weighted by Gasteiger charge is -2.26. The van der Waals surface area contributed by atoms with Crippen LogP contribution in [0.4, 0.5) is 0 Å². The monoisotopic (exact) mass is 199 g/mol. The van der Waals surface area contributed by atoms with Crippen LogP contribution in [-0.2, 0) is 0 Å². The highest BCUT2D eigenvalue weighted by atomic mass is 16.5. The lowest BCUT2D eigenvalue weighted by atomic mass is 9.85. The fourth-order valence-electron chi connectivity index (χ4n) is 2.34. The van der Waals surface area contributed by atoms with Crippen molar-refractivity contribution in [1.29, 1.82) is 0 Å². The Labute approximate surface area is 89.3 Å². The van der Waals surface area contributed by atoms with Gasteiger partial charge in [-0.3, -0.25) is 4.99 Å². The Hall–Kier alpha value is -1.57. The van der Waals surface area contributed by atoms with E-state index in [0.29, 0.717) is 5.92 Å². The van der Waals surface area contributed by atoms with E-state index in [1.54, 1.807) is 0 Å². The van der Waals surface area contributed by atoms with Gasteiger partial charge in [0.1, 0.15) is 5.75 Å². The SMILES string of the molecule is Cc1ccc2c(c1)C1C=CN=CC1(C)O2. The molecule has 0 N–H and O–H groups in total. The molecule has 76 valence electrons. The molecule has 0 saturated carbocycles. The van der Waals surface area contributed by atoms with Gasteiger partial charge in [-0.05, 0) is 19.9 Å². The van der Waals surface area contributed by atoms with Gasteiger partial charge in [0.25, 0.3) is 0 Å². The van der Waals surface area contributed by atoms with Crippen molar-refractivity contribution < 1.29 is 4.74 Å². The summed E-state index contributed by atoms with van der Waals surface area (Å²) in [7, 11) is 0. The number of fused-ring (bicyclic) bond motifs is 3. The number of nitrogens with zero attached hydrogens (tertiary/aromatic N) is 1. The Morgan fingerprint density at radius 2 is 2.27 bits per heavy atom. The van der Waals surface area contributed by atoms with Gasteiger partial charge >= 0.3 is 0 Å². The number of hydrogen-bond acceptors (Lipinski definition) is 2. The van der Waals surface area contributed by atoms with Gasteiger partial charge in [-0.2, -0.15) is 0 Å². The van der Waals surface area contributed by atoms with E-state index in [2.05, 4.69) is 43.1 Å². The van der Waals surface area contributed by atoms with E-state index in [0.717, 1.165) is 5.75 Å². The summed E-state index contributed by atoms with van der Waals surface area (Å²) in [6.07, 6.45) is 5.87. The molecule has 2 heteroatoms. The van der Waals surface area contributed by atoms with Crippen LogP contribution in [0, 0.1) is 6.92 Å². The Morgan fingerprint density at radius 1 is 1.40 bits per heavy atom. The number of benzene rings is 1. The zero-order chi connectivity index (χ0) is 10.5. The van der Waals surface area contributed by atoms with Crippen LogP contribution in [0.15, 0.2) is 35.5 Å². The molecule has 0 radical (unpaired) electrons. The molecule has 0 amide bonds. The molecule has 3 rings (SSSR count). The molecule has 2 unspecified atom stereocenters. The van der Waals surface area contributed by atoms with Crippen LogP contribution in [-0.4, -0.2) is 11.8 Å². The highest BCUT2D eigenvalue weighted by Gasteiger charge is 2.43. The summed E-state index contributed by atoms with van der Waals surface area (Å²) in [4.78, 5) is 4.17. The third kappa shape index (κ3) is 1.14. The van der Waals surface area contributed by atoms with Crippen LogP contribution in [0.25, 0.3) is 0 Å². The standard InChI is InChI=1S/C13H13NO/c1-9-3-4-12-10(7-9)11-5-6-14-8-13(11,2)15-12/h3-8,11H,1-2H3. The first kappa shape index (κ1) is 8.72. The molecule has 2 aliphatic rings. The third-order valence-corrected chi connectivity index (χ3v) is 3.14. The van der Waals surface area contributed by atoms with Crippen LogP contribution in [0.2, 0.25) is 0 Å². The second-order valence-electron chi connectivity index (χ2n) is 4.42. The topological polar surface area (TPSA) is 21.6 Å². The Kier molecular flexibility index (Phi) is 1.58. The summed E-state index contributed by atoms with van der Waals surface area (Å²) in [5, 5.41) is 0. The molecule has 1 aromatic carbocycles. The number of hydrogen-bond donors (Lipinski definition) is 0. The average Bonchev–Trinajstić information content (AvgIpc) is 2.50. The zero-order valence-electron chi connectivity index (χ0n) is 8.90. The molecule has 2 aliphatic heterocycles. The van der Waals surface area contributed by atoms with Gasteiger partial charge in [-0.15, -0.1) is 0 Å². The van der Waals surface area contributed by atoms with E-state index in [1.807, 2.05) is 12.4 Å². The predicted molar refractivity (Wildman–Crippen MR) is 60.6 cm³/mol. The van der Waals surface area contributed by atoms with E-state index < -0.39 is 0 Å². The molecule has 0 saturated heterocycles. The van der Waals surface area contributed by atoms with Gasteiger partial charge in [-0.1, -0.05) is 23.8 Å². The molecule has 2 heterocycles. The second-order valence-corrected chi connectivity index (χ2v) is 4.42. The quantitative estimate of drug-likeness (QED) is 0.629. The minimum absolute atomic E-state index is 0.287. The van der Waals surface area contributed by atoms with Crippen molar-refractivity contribution in [2.24, 2.45) is 4.99 Å². The largest absolute Gasteiger partial charge is 0.481 e. The molecule has 0 aliphatic carbocycles. The summed E-state index contributed by atoms with van der Waals surface area (Å²) < 4.78 is 5.95. The minimum Gasteiger partial charge on any atom is -0.481 e. The van der Waals surface area contributed by atoms with Crippen LogP contribution < -0.4 is 4.74 Å². The van der Waals surface area contributed by atoms with Crippen LogP contribution in [0.1, 0.15) is 24.0 Å². The summed E-state index contributed by atoms with van der Waals surface area (Å²) in [6.45, 7) is 4.19. The maximum Gasteiger partial charge on any atom is 0.152 e. The molecule has 0 spiro atoms. The van der Waals surface area contributed by atoms with Gasteiger partial charge in [0.05, 0.1) is 5.92 Å². The van der Waals surface area contributed by atoms with Crippen molar-refractivity contribution in [3.05, 3.63) is 41.6 Å². The van der Waals surface area contributed by atoms with Crippen molar-refractivity contribution in [2.45, 2.75) is 25.4 Å². The van der Waals surface area contributed by atoms with Crippen LogP contribution in [0.3, 0.4) is 0 Å². The highest BCUT2D eigenvalue weighted by molar-refractivity contribution is 5.76. The molecule has 0 aromatic heterocycles. The first-order chi connectivity index (χ1) is 7.19. The highest BCUT2D eigenvalue weighted by Crippen LogP contribution is 2.46. The van der Waals surface area contributed by atoms with Gasteiger partial charge in [0.15, 0.2) is 5.60 Å². The number of aliphatic imine (C=N–C) groups is 1. The maximum atomic E-state index is 5.95. The van der Waals surface area contributed by atoms with Crippen molar-refractivity contribution in [1.82, 2.24) is 0 Å². The van der Waals surface area contributed by atoms with Crippen molar-refractivity contribution >= 4 is 6.21 Å². The summed E-state index contributed by atoms with van der Waals surface area (Å²) in [5.74, 6) is 1.30. The lowest BCUT2D eigenvalue weighted by Crippen LogP contribution is -2.36. The fourth-order valence-corrected chi connectivity index (χ4v) is 2.34. The number of rotatable bonds is 0. The minimum atomic E-state index is -0.287. The molecule has 1 aromatic rings. The fraction of sp³-hybridized carbons (Fsp3) is 0.308. The first-order valence-corrected chi connectivity index (χ1v) is 5.20. The molecule has 0 fully saturated rings. The normalized spacial score (nSPS) is 30.9. The van der Waals surface area contributed by atoms with E-state index in [9.17, 15) is 0 Å². The average molecular weight is 199 g/mol. The molecule has 2 atom stereocenters. The van der Waals surface area contributed by atoms with Crippen molar-refractivity contribution in [2.75, 3.05) is 0 Å². The predicted octanol–water partition coefficient (Wildman–Crippen LogP) is 2.83. The van der Waals surface area contributed by atoms with Crippen LogP contribution in [0.5, 0.6) is 5.75 Å².